The summed E-state index contributed by atoms with van der Waals surface area (Å²) in [5, 5.41) is 4.61. The summed E-state index contributed by atoms with van der Waals surface area (Å²) in [6, 6.07) is 3.91. The van der Waals surface area contributed by atoms with Gasteiger partial charge in [-0.05, 0) is 30.2 Å². The van der Waals surface area contributed by atoms with Crippen molar-refractivity contribution in [2.75, 3.05) is 19.8 Å². The third kappa shape index (κ3) is 5.47. The van der Waals surface area contributed by atoms with Crippen LogP contribution in [0.5, 0.6) is 0 Å². The average molecular weight is 310 g/mol. The van der Waals surface area contributed by atoms with Crippen LogP contribution in [-0.2, 0) is 9.47 Å². The molecule has 0 bridgehead atoms. The smallest absolute Gasteiger partial charge is 0.291 e. The Kier molecular flexibility index (Phi) is 6.20. The SMILES string of the molecule is CC(C)COC(=NC[C@@H]1CCCO1)NC(=O)c1cccs1. The fraction of sp³-hybridized carbons (Fsp3) is 0.600. The second kappa shape index (κ2) is 8.14. The molecule has 1 saturated heterocycles. The summed E-state index contributed by atoms with van der Waals surface area (Å²) in [7, 11) is 0. The maximum atomic E-state index is 12.1. The van der Waals surface area contributed by atoms with Gasteiger partial charge in [-0.1, -0.05) is 19.9 Å². The minimum absolute atomic E-state index is 0.140. The lowest BCUT2D eigenvalue weighted by Gasteiger charge is -2.13. The van der Waals surface area contributed by atoms with Gasteiger partial charge in [0.2, 0.25) is 0 Å². The quantitative estimate of drug-likeness (QED) is 0.672. The van der Waals surface area contributed by atoms with E-state index in [0.717, 1.165) is 19.4 Å². The summed E-state index contributed by atoms with van der Waals surface area (Å²) in [4.78, 5) is 17.1. The van der Waals surface area contributed by atoms with Crippen molar-refractivity contribution < 1.29 is 14.3 Å². The molecule has 1 aromatic rings. The third-order valence-electron chi connectivity index (χ3n) is 2.98. The molecule has 116 valence electrons. The number of hydrogen-bond donors (Lipinski definition) is 1. The molecule has 1 aromatic heterocycles. The highest BCUT2D eigenvalue weighted by Crippen LogP contribution is 2.12. The average Bonchev–Trinajstić information content (AvgIpc) is 3.13. The van der Waals surface area contributed by atoms with Gasteiger partial charge in [-0.3, -0.25) is 10.1 Å². The highest BCUT2D eigenvalue weighted by atomic mass is 32.1. The molecule has 0 aromatic carbocycles. The molecule has 0 unspecified atom stereocenters. The zero-order valence-corrected chi connectivity index (χ0v) is 13.3. The first kappa shape index (κ1) is 16.0. The van der Waals surface area contributed by atoms with Gasteiger partial charge in [0.05, 0.1) is 24.1 Å². The predicted molar refractivity (Wildman–Crippen MR) is 83.9 cm³/mol. The molecular weight excluding hydrogens is 288 g/mol. The number of rotatable bonds is 5. The lowest BCUT2D eigenvalue weighted by molar-refractivity contribution is 0.0964. The predicted octanol–water partition coefficient (Wildman–Crippen LogP) is 2.69. The second-order valence-corrected chi connectivity index (χ2v) is 6.36. The molecular formula is C15H22N2O3S. The van der Waals surface area contributed by atoms with Crippen molar-refractivity contribution in [3.05, 3.63) is 22.4 Å². The summed E-state index contributed by atoms with van der Waals surface area (Å²) in [6.07, 6.45) is 2.23. The van der Waals surface area contributed by atoms with Gasteiger partial charge in [-0.15, -0.1) is 11.3 Å². The molecule has 1 amide bonds. The number of amidine groups is 1. The standard InChI is InChI=1S/C15H22N2O3S/c1-11(2)10-20-15(16-9-12-5-3-7-19-12)17-14(18)13-6-4-8-21-13/h4,6,8,11-12H,3,5,7,9-10H2,1-2H3,(H,16,17,18)/t12-/m0/s1. The lowest BCUT2D eigenvalue weighted by atomic mass is 10.2. The van der Waals surface area contributed by atoms with Crippen LogP contribution in [0.15, 0.2) is 22.5 Å². The van der Waals surface area contributed by atoms with Crippen molar-refractivity contribution in [3.63, 3.8) is 0 Å². The minimum Gasteiger partial charge on any atom is -0.465 e. The Hall–Kier alpha value is -1.40. The number of nitrogens with zero attached hydrogens (tertiary/aromatic N) is 1. The summed E-state index contributed by atoms with van der Waals surface area (Å²) in [5.41, 5.74) is 0. The number of carbonyl (C=O) groups excluding carboxylic acids is 1. The normalized spacial score (nSPS) is 19.0. The van der Waals surface area contributed by atoms with E-state index in [1.54, 1.807) is 6.07 Å². The lowest BCUT2D eigenvalue weighted by Crippen LogP contribution is -2.33. The van der Waals surface area contributed by atoms with Gasteiger partial charge in [0.15, 0.2) is 0 Å². The Morgan fingerprint density at radius 3 is 3.10 bits per heavy atom. The van der Waals surface area contributed by atoms with Crippen LogP contribution in [0.3, 0.4) is 0 Å². The number of amides is 1. The summed E-state index contributed by atoms with van der Waals surface area (Å²) >= 11 is 1.39. The minimum atomic E-state index is -0.181. The van der Waals surface area contributed by atoms with Crippen LogP contribution in [0.4, 0.5) is 0 Å². The van der Waals surface area contributed by atoms with Gasteiger partial charge in [0.25, 0.3) is 11.9 Å². The van der Waals surface area contributed by atoms with Gasteiger partial charge in [-0.2, -0.15) is 0 Å². The third-order valence-corrected chi connectivity index (χ3v) is 3.85. The Bertz CT molecular complexity index is 465. The largest absolute Gasteiger partial charge is 0.465 e. The molecule has 1 fully saturated rings. The van der Waals surface area contributed by atoms with Crippen molar-refractivity contribution in [1.29, 1.82) is 0 Å². The highest BCUT2D eigenvalue weighted by Gasteiger charge is 2.16. The van der Waals surface area contributed by atoms with E-state index in [9.17, 15) is 4.79 Å². The Morgan fingerprint density at radius 1 is 1.62 bits per heavy atom. The van der Waals surface area contributed by atoms with Crippen LogP contribution >= 0.6 is 11.3 Å². The second-order valence-electron chi connectivity index (χ2n) is 5.42. The molecule has 2 heterocycles. The number of thiophene rings is 1. The summed E-state index contributed by atoms with van der Waals surface area (Å²) in [5.74, 6) is 0.191. The van der Waals surface area contributed by atoms with E-state index in [2.05, 4.69) is 24.2 Å². The van der Waals surface area contributed by atoms with E-state index in [1.807, 2.05) is 11.4 Å². The van der Waals surface area contributed by atoms with Crippen molar-refractivity contribution in [2.24, 2.45) is 10.9 Å². The van der Waals surface area contributed by atoms with Crippen molar-refractivity contribution in [3.8, 4) is 0 Å². The fourth-order valence-corrected chi connectivity index (χ4v) is 2.53. The molecule has 0 spiro atoms. The highest BCUT2D eigenvalue weighted by molar-refractivity contribution is 7.12. The first-order chi connectivity index (χ1) is 10.1. The van der Waals surface area contributed by atoms with E-state index < -0.39 is 0 Å². The molecule has 21 heavy (non-hydrogen) atoms. The van der Waals surface area contributed by atoms with E-state index in [1.165, 1.54) is 11.3 Å². The number of ether oxygens (including phenoxy) is 2. The number of aliphatic imine (C=N–C) groups is 1. The molecule has 5 nitrogen and oxygen atoms in total. The maximum absolute atomic E-state index is 12.1. The first-order valence-corrected chi connectivity index (χ1v) is 8.17. The van der Waals surface area contributed by atoms with Crippen LogP contribution in [0.2, 0.25) is 0 Å². The Labute approximate surface area is 129 Å². The van der Waals surface area contributed by atoms with Crippen LogP contribution in [-0.4, -0.2) is 37.8 Å². The zero-order chi connectivity index (χ0) is 15.1. The number of nitrogens with one attached hydrogen (secondary N) is 1. The zero-order valence-electron chi connectivity index (χ0n) is 12.5. The topological polar surface area (TPSA) is 59.9 Å². The number of hydrogen-bond acceptors (Lipinski definition) is 5. The van der Waals surface area contributed by atoms with Crippen LogP contribution in [0.1, 0.15) is 36.4 Å². The molecule has 0 radical (unpaired) electrons. The molecule has 2 rings (SSSR count). The van der Waals surface area contributed by atoms with E-state index in [4.69, 9.17) is 9.47 Å². The molecule has 1 atom stereocenters. The Balaban J connectivity index is 1.93. The first-order valence-electron chi connectivity index (χ1n) is 7.29. The van der Waals surface area contributed by atoms with E-state index in [-0.39, 0.29) is 18.0 Å². The monoisotopic (exact) mass is 310 g/mol. The van der Waals surface area contributed by atoms with Gasteiger partial charge >= 0.3 is 0 Å². The fourth-order valence-electron chi connectivity index (χ4n) is 1.91. The van der Waals surface area contributed by atoms with Gasteiger partial charge in [0, 0.05) is 6.61 Å². The maximum Gasteiger partial charge on any atom is 0.291 e. The molecule has 0 aliphatic carbocycles. The van der Waals surface area contributed by atoms with Gasteiger partial charge in [-0.25, -0.2) is 4.99 Å². The summed E-state index contributed by atoms with van der Waals surface area (Å²) < 4.78 is 11.1. The van der Waals surface area contributed by atoms with Crippen LogP contribution in [0.25, 0.3) is 0 Å². The van der Waals surface area contributed by atoms with Crippen molar-refractivity contribution in [2.45, 2.75) is 32.8 Å². The van der Waals surface area contributed by atoms with Gasteiger partial charge in [0.1, 0.15) is 0 Å². The summed E-state index contributed by atoms with van der Waals surface area (Å²) in [6.45, 7) is 5.95. The molecule has 1 aliphatic rings. The van der Waals surface area contributed by atoms with Crippen LogP contribution in [0, 0.1) is 5.92 Å². The molecule has 0 saturated carbocycles. The van der Waals surface area contributed by atoms with Crippen molar-refractivity contribution in [1.82, 2.24) is 5.32 Å². The van der Waals surface area contributed by atoms with Crippen molar-refractivity contribution >= 4 is 23.3 Å². The van der Waals surface area contributed by atoms with Gasteiger partial charge < -0.3 is 9.47 Å². The molecule has 1 aliphatic heterocycles. The number of carbonyl (C=O) groups is 1. The van der Waals surface area contributed by atoms with E-state index in [0.29, 0.717) is 23.9 Å². The van der Waals surface area contributed by atoms with Crippen LogP contribution < -0.4 is 5.32 Å². The van der Waals surface area contributed by atoms with E-state index >= 15 is 0 Å². The molecule has 1 N–H and O–H groups in total. The Morgan fingerprint density at radius 2 is 2.48 bits per heavy atom. The molecule has 6 heteroatoms.